The third kappa shape index (κ3) is 8.88. The Bertz CT molecular complexity index is 1220. The van der Waals surface area contributed by atoms with E-state index < -0.39 is 25.5 Å². The van der Waals surface area contributed by atoms with Crippen molar-refractivity contribution in [1.29, 1.82) is 0 Å². The number of nitrogens with one attached hydrogen (secondary N) is 1. The van der Waals surface area contributed by atoms with Crippen molar-refractivity contribution in [1.82, 2.24) is 9.99 Å². The normalized spacial score (nSPS) is 17.8. The van der Waals surface area contributed by atoms with Gasteiger partial charge in [0.15, 0.2) is 0 Å². The van der Waals surface area contributed by atoms with Crippen LogP contribution in [-0.2, 0) is 47.6 Å². The fourth-order valence-electron chi connectivity index (χ4n) is 5.01. The molecule has 3 rings (SSSR count). The summed E-state index contributed by atoms with van der Waals surface area (Å²) in [5, 5.41) is 17.7. The second-order valence-corrected chi connectivity index (χ2v) is 12.8. The zero-order chi connectivity index (χ0) is 30.2. The average Bonchev–Trinajstić information content (AvgIpc) is 3.33. The fraction of sp³-hybridized carbons (Fsp3) is 0.621. The number of benzene rings is 1. The molecule has 2 N–H and O–H groups in total. The first kappa shape index (κ1) is 32.8. The van der Waals surface area contributed by atoms with Crippen molar-refractivity contribution in [3.63, 3.8) is 0 Å². The molecule has 1 fully saturated rings. The van der Waals surface area contributed by atoms with Crippen LogP contribution in [0.5, 0.6) is 5.75 Å². The van der Waals surface area contributed by atoms with E-state index in [0.717, 1.165) is 36.3 Å². The lowest BCUT2D eigenvalue weighted by atomic mass is 9.89. The lowest BCUT2D eigenvalue weighted by Crippen LogP contribution is -2.38. The maximum absolute atomic E-state index is 13.8. The summed E-state index contributed by atoms with van der Waals surface area (Å²) in [6, 6.07) is -0.884. The van der Waals surface area contributed by atoms with Crippen molar-refractivity contribution in [2.75, 3.05) is 45.6 Å². The van der Waals surface area contributed by atoms with E-state index in [1.165, 1.54) is 0 Å². The van der Waals surface area contributed by atoms with E-state index in [-0.39, 0.29) is 30.7 Å². The predicted molar refractivity (Wildman–Crippen MR) is 157 cm³/mol. The number of ether oxygens (including phenoxy) is 3. The minimum Gasteiger partial charge on any atom is -0.507 e. The van der Waals surface area contributed by atoms with Crippen LogP contribution in [0.15, 0.2) is 16.8 Å². The molecular formula is C29H44N3O8P. The summed E-state index contributed by atoms with van der Waals surface area (Å²) in [4.78, 5) is 27.2. The van der Waals surface area contributed by atoms with Gasteiger partial charge < -0.3 is 23.9 Å². The maximum Gasteiger partial charge on any atom is 0.344 e. The molecule has 2 aliphatic rings. The number of phenolic OH excluding ortho intramolecular Hbond substituents is 1. The molecule has 0 aromatic heterocycles. The first-order valence-corrected chi connectivity index (χ1v) is 16.0. The molecule has 0 saturated carbocycles. The Morgan fingerprint density at radius 3 is 2.61 bits per heavy atom. The van der Waals surface area contributed by atoms with Gasteiger partial charge in [-0.05, 0) is 65.0 Å². The van der Waals surface area contributed by atoms with E-state index in [1.807, 2.05) is 19.9 Å². The van der Waals surface area contributed by atoms with Crippen molar-refractivity contribution >= 4 is 25.2 Å². The molecule has 0 radical (unpaired) electrons. The highest BCUT2D eigenvalue weighted by molar-refractivity contribution is 7.57. The van der Waals surface area contributed by atoms with Gasteiger partial charge in [-0.15, -0.1) is 0 Å². The number of allylic oxidation sites excluding steroid dienone is 2. The van der Waals surface area contributed by atoms with Gasteiger partial charge in [-0.3, -0.25) is 14.3 Å². The summed E-state index contributed by atoms with van der Waals surface area (Å²) < 4.78 is 35.2. The number of fused-ring (bicyclic) bond motifs is 1. The van der Waals surface area contributed by atoms with Gasteiger partial charge >= 0.3 is 19.5 Å². The zero-order valence-electron chi connectivity index (χ0n) is 25.1. The standard InChI is InChI=1S/C29H44N3O8P/c1-7-23-21(5)25-17-39-29(35)26(25)27(33)24(23)10-9-20(4)18-41(36,40-30-19(2)3)31-22(6)28(34)38-14-8-11-32-12-15-37-16-13-32/h9,22,33H,7-8,10-18H2,1-6H3,(H,31,36)/t22-,41?/m0/s1. The second kappa shape index (κ2) is 15.0. The van der Waals surface area contributed by atoms with Gasteiger partial charge in [0.25, 0.3) is 0 Å². The molecule has 2 atom stereocenters. The van der Waals surface area contributed by atoms with Gasteiger partial charge in [-0.25, -0.2) is 9.88 Å². The number of nitrogens with zero attached hydrogens (tertiary/aromatic N) is 2. The van der Waals surface area contributed by atoms with Crippen LogP contribution in [-0.4, -0.2) is 79.3 Å². The monoisotopic (exact) mass is 593 g/mol. The molecule has 41 heavy (non-hydrogen) atoms. The average molecular weight is 594 g/mol. The minimum absolute atomic E-state index is 0.0212. The molecule has 12 heteroatoms. The number of phenols is 1. The molecule has 0 amide bonds. The summed E-state index contributed by atoms with van der Waals surface area (Å²) in [7, 11) is -3.65. The van der Waals surface area contributed by atoms with E-state index in [1.54, 1.807) is 27.7 Å². The molecule has 11 nitrogen and oxygen atoms in total. The number of esters is 2. The number of carbonyl (C=O) groups excluding carboxylic acids is 2. The molecule has 1 aromatic carbocycles. The number of hydrogen-bond acceptors (Lipinski definition) is 10. The van der Waals surface area contributed by atoms with Crippen molar-refractivity contribution in [3.05, 3.63) is 39.5 Å². The largest absolute Gasteiger partial charge is 0.507 e. The van der Waals surface area contributed by atoms with E-state index in [9.17, 15) is 19.3 Å². The lowest BCUT2D eigenvalue weighted by molar-refractivity contribution is -0.145. The molecule has 0 spiro atoms. The molecule has 1 saturated heterocycles. The van der Waals surface area contributed by atoms with Crippen LogP contribution in [0.3, 0.4) is 0 Å². The molecule has 2 aliphatic heterocycles. The Labute approximate surface area is 242 Å². The van der Waals surface area contributed by atoms with Gasteiger partial charge in [0, 0.05) is 30.8 Å². The zero-order valence-corrected chi connectivity index (χ0v) is 26.0. The van der Waals surface area contributed by atoms with Gasteiger partial charge in [0.1, 0.15) is 24.0 Å². The van der Waals surface area contributed by atoms with Gasteiger partial charge in [-0.2, -0.15) is 0 Å². The molecule has 228 valence electrons. The summed E-state index contributed by atoms with van der Waals surface area (Å²) >= 11 is 0. The number of oxime groups is 1. The maximum atomic E-state index is 13.8. The summed E-state index contributed by atoms with van der Waals surface area (Å²) in [5.74, 6) is -1.11. The highest BCUT2D eigenvalue weighted by atomic mass is 31.2. The number of hydrogen-bond donors (Lipinski definition) is 2. The van der Waals surface area contributed by atoms with Gasteiger partial charge in [-0.1, -0.05) is 23.7 Å². The number of cyclic esters (lactones) is 1. The number of carbonyl (C=O) groups is 2. The van der Waals surface area contributed by atoms with E-state index >= 15 is 0 Å². The number of aromatic hydroxyl groups is 1. The van der Waals surface area contributed by atoms with E-state index in [2.05, 4.69) is 15.1 Å². The molecule has 1 aromatic rings. The van der Waals surface area contributed by atoms with Crippen LogP contribution in [0, 0.1) is 6.92 Å². The molecule has 0 aliphatic carbocycles. The van der Waals surface area contributed by atoms with Crippen molar-refractivity contribution < 1.29 is 38.1 Å². The van der Waals surface area contributed by atoms with Crippen LogP contribution in [0.1, 0.15) is 73.7 Å². The molecule has 1 unspecified atom stereocenters. The Balaban J connectivity index is 1.67. The van der Waals surface area contributed by atoms with Gasteiger partial charge in [0.2, 0.25) is 0 Å². The Kier molecular flexibility index (Phi) is 12.0. The third-order valence-corrected chi connectivity index (χ3v) is 9.22. The molecule has 2 heterocycles. The summed E-state index contributed by atoms with van der Waals surface area (Å²) in [6.45, 7) is 15.1. The highest BCUT2D eigenvalue weighted by Gasteiger charge is 2.32. The Hall–Kier alpha value is -2.72. The minimum atomic E-state index is -3.65. The van der Waals surface area contributed by atoms with Crippen molar-refractivity contribution in [2.45, 2.75) is 73.5 Å². The van der Waals surface area contributed by atoms with Crippen LogP contribution in [0.4, 0.5) is 0 Å². The highest BCUT2D eigenvalue weighted by Crippen LogP contribution is 2.45. The topological polar surface area (TPSA) is 136 Å². The summed E-state index contributed by atoms with van der Waals surface area (Å²) in [6.07, 6.45) is 3.50. The lowest BCUT2D eigenvalue weighted by Gasteiger charge is -2.26. The Morgan fingerprint density at radius 2 is 1.95 bits per heavy atom. The van der Waals surface area contributed by atoms with Crippen LogP contribution in [0.2, 0.25) is 0 Å². The fourth-order valence-corrected chi connectivity index (χ4v) is 6.99. The van der Waals surface area contributed by atoms with Crippen molar-refractivity contribution in [3.8, 4) is 5.75 Å². The number of rotatable bonds is 14. The first-order chi connectivity index (χ1) is 19.5. The SMILES string of the molecule is CCc1c(C)c2c(c(O)c1CC=C(C)CP(=O)(N[C@@H](C)C(=O)OCCCN1CCOCC1)ON=C(C)C)C(=O)OC2. The van der Waals surface area contributed by atoms with Crippen molar-refractivity contribution in [2.24, 2.45) is 5.16 Å². The molecule has 0 bridgehead atoms. The quantitative estimate of drug-likeness (QED) is 0.0804. The summed E-state index contributed by atoms with van der Waals surface area (Å²) in [5.41, 5.74) is 4.77. The first-order valence-electron chi connectivity index (χ1n) is 14.2. The second-order valence-electron chi connectivity index (χ2n) is 10.7. The van der Waals surface area contributed by atoms with Gasteiger partial charge in [0.05, 0.1) is 31.7 Å². The predicted octanol–water partition coefficient (Wildman–Crippen LogP) is 4.27. The molecular weight excluding hydrogens is 549 g/mol. The van der Waals surface area contributed by atoms with E-state index in [4.69, 9.17) is 18.8 Å². The Morgan fingerprint density at radius 1 is 1.24 bits per heavy atom. The van der Waals surface area contributed by atoms with Crippen LogP contribution >= 0.6 is 7.52 Å². The van der Waals surface area contributed by atoms with E-state index in [0.29, 0.717) is 49.3 Å². The van der Waals surface area contributed by atoms with Crippen LogP contribution in [0.25, 0.3) is 0 Å². The van der Waals surface area contributed by atoms with Crippen LogP contribution < -0.4 is 5.09 Å². The third-order valence-electron chi connectivity index (χ3n) is 7.18. The smallest absolute Gasteiger partial charge is 0.344 e. The number of morpholine rings is 1.